The molecule has 2 aromatic rings. The summed E-state index contributed by atoms with van der Waals surface area (Å²) in [6.07, 6.45) is 5.78. The number of pyridine rings is 1. The highest BCUT2D eigenvalue weighted by atomic mass is 79.9. The van der Waals surface area contributed by atoms with Crippen LogP contribution in [-0.4, -0.2) is 14.7 Å². The van der Waals surface area contributed by atoms with Crippen molar-refractivity contribution in [2.45, 2.75) is 13.1 Å². The Morgan fingerprint density at radius 3 is 2.72 bits per heavy atom. The maximum Gasteiger partial charge on any atom is 0.173 e. The predicted octanol–water partition coefficient (Wildman–Crippen LogP) is 3.15. The highest BCUT2D eigenvalue weighted by Crippen LogP contribution is 2.10. The highest BCUT2D eigenvalue weighted by molar-refractivity contribution is 9.10. The zero-order valence-electron chi connectivity index (χ0n) is 9.80. The fraction of sp³-hybridized carbons (Fsp3) is 0.167. The number of thiocarbonyl (C=S) groups is 1. The van der Waals surface area contributed by atoms with Crippen molar-refractivity contribution in [2.24, 2.45) is 0 Å². The zero-order valence-corrected chi connectivity index (χ0v) is 12.2. The largest absolute Gasteiger partial charge is 0.342 e. The van der Waals surface area contributed by atoms with Crippen LogP contribution in [0.2, 0.25) is 0 Å². The summed E-state index contributed by atoms with van der Waals surface area (Å²) in [6.45, 7) is 2.03. The van der Waals surface area contributed by atoms with Crippen LogP contribution in [0.1, 0.15) is 13.1 Å². The van der Waals surface area contributed by atoms with Crippen molar-refractivity contribution in [3.05, 3.63) is 47.3 Å². The zero-order chi connectivity index (χ0) is 13.0. The van der Waals surface area contributed by atoms with Crippen LogP contribution < -0.4 is 10.6 Å². The van der Waals surface area contributed by atoms with Gasteiger partial charge in [0.05, 0.1) is 0 Å². The van der Waals surface area contributed by atoms with E-state index < -0.39 is 0 Å². The third kappa shape index (κ3) is 3.54. The highest BCUT2D eigenvalue weighted by Gasteiger charge is 2.05. The maximum absolute atomic E-state index is 5.23. The molecule has 0 bridgehead atoms. The Bertz CT molecular complexity index is 509. The molecule has 0 spiro atoms. The average Bonchev–Trinajstić information content (AvgIpc) is 2.85. The monoisotopic (exact) mass is 324 g/mol. The van der Waals surface area contributed by atoms with Gasteiger partial charge in [0.1, 0.15) is 12.0 Å². The van der Waals surface area contributed by atoms with Crippen molar-refractivity contribution in [1.29, 1.82) is 0 Å². The molecule has 0 aliphatic heterocycles. The Morgan fingerprint density at radius 2 is 2.11 bits per heavy atom. The Labute approximate surface area is 120 Å². The first kappa shape index (κ1) is 13.0. The van der Waals surface area contributed by atoms with Crippen molar-refractivity contribution < 1.29 is 0 Å². The topological polar surface area (TPSA) is 41.9 Å². The van der Waals surface area contributed by atoms with E-state index in [0.717, 1.165) is 10.3 Å². The van der Waals surface area contributed by atoms with E-state index in [1.807, 2.05) is 48.1 Å². The molecule has 2 aromatic heterocycles. The van der Waals surface area contributed by atoms with Crippen molar-refractivity contribution in [3.63, 3.8) is 0 Å². The molecule has 0 radical (unpaired) electrons. The van der Waals surface area contributed by atoms with Crippen LogP contribution in [0.4, 0.5) is 5.82 Å². The number of hydrogen-bond donors (Lipinski definition) is 2. The summed E-state index contributed by atoms with van der Waals surface area (Å²) < 4.78 is 2.97. The summed E-state index contributed by atoms with van der Waals surface area (Å²) in [6, 6.07) is 7.72. The van der Waals surface area contributed by atoms with Crippen LogP contribution in [0, 0.1) is 0 Å². The molecule has 18 heavy (non-hydrogen) atoms. The van der Waals surface area contributed by atoms with Crippen LogP contribution in [0.25, 0.3) is 0 Å². The Morgan fingerprint density at radius 1 is 1.39 bits per heavy atom. The van der Waals surface area contributed by atoms with Gasteiger partial charge >= 0.3 is 0 Å². The first-order chi connectivity index (χ1) is 8.65. The molecule has 0 saturated heterocycles. The molecule has 2 rings (SSSR count). The number of halogens is 1. The van der Waals surface area contributed by atoms with Gasteiger partial charge in [0.2, 0.25) is 0 Å². The normalized spacial score (nSPS) is 11.9. The lowest BCUT2D eigenvalue weighted by molar-refractivity contribution is 0.519. The van der Waals surface area contributed by atoms with E-state index in [1.165, 1.54) is 0 Å². The summed E-state index contributed by atoms with van der Waals surface area (Å²) in [4.78, 5) is 4.20. The average molecular weight is 325 g/mol. The predicted molar refractivity (Wildman–Crippen MR) is 80.4 cm³/mol. The summed E-state index contributed by atoms with van der Waals surface area (Å²) in [5, 5.41) is 6.76. The van der Waals surface area contributed by atoms with Gasteiger partial charge in [0, 0.05) is 23.1 Å². The fourth-order valence-corrected chi connectivity index (χ4v) is 1.98. The third-order valence-corrected chi connectivity index (χ3v) is 3.07. The molecule has 0 fully saturated rings. The van der Waals surface area contributed by atoms with Crippen LogP contribution in [0.5, 0.6) is 0 Å². The molecule has 4 nitrogen and oxygen atoms in total. The molecule has 0 amide bonds. The standard InChI is InChI=1S/C12H13BrN4S/c1-9(17-6-2-3-7-17)15-12(18)16-11-5-4-10(13)8-14-11/h2-9H,1H3,(H2,14,15,16,18). The lowest BCUT2D eigenvalue weighted by Crippen LogP contribution is -2.33. The third-order valence-electron chi connectivity index (χ3n) is 2.38. The lowest BCUT2D eigenvalue weighted by atomic mass is 10.4. The molecule has 0 aromatic carbocycles. The molecular weight excluding hydrogens is 312 g/mol. The minimum atomic E-state index is 0.0930. The fourth-order valence-electron chi connectivity index (χ4n) is 1.47. The van der Waals surface area contributed by atoms with Crippen molar-refractivity contribution in [3.8, 4) is 0 Å². The summed E-state index contributed by atoms with van der Waals surface area (Å²) in [5.41, 5.74) is 0. The minimum Gasteiger partial charge on any atom is -0.342 e. The van der Waals surface area contributed by atoms with Gasteiger partial charge in [-0.2, -0.15) is 0 Å². The van der Waals surface area contributed by atoms with Gasteiger partial charge in [-0.15, -0.1) is 0 Å². The Hall–Kier alpha value is -1.40. The molecule has 94 valence electrons. The summed E-state index contributed by atoms with van der Waals surface area (Å²) in [7, 11) is 0. The first-order valence-corrected chi connectivity index (χ1v) is 6.67. The van der Waals surface area contributed by atoms with E-state index in [-0.39, 0.29) is 6.17 Å². The molecule has 2 N–H and O–H groups in total. The minimum absolute atomic E-state index is 0.0930. The van der Waals surface area contributed by atoms with Crippen molar-refractivity contribution >= 4 is 39.1 Å². The number of hydrogen-bond acceptors (Lipinski definition) is 2. The Kier molecular flexibility index (Phi) is 4.33. The van der Waals surface area contributed by atoms with Crippen LogP contribution in [-0.2, 0) is 0 Å². The summed E-state index contributed by atoms with van der Waals surface area (Å²) in [5.74, 6) is 0.718. The van der Waals surface area contributed by atoms with E-state index in [4.69, 9.17) is 12.2 Å². The maximum atomic E-state index is 5.23. The van der Waals surface area contributed by atoms with Crippen LogP contribution in [0.3, 0.4) is 0 Å². The van der Waals surface area contributed by atoms with Gasteiger partial charge < -0.3 is 15.2 Å². The van der Waals surface area contributed by atoms with E-state index in [9.17, 15) is 0 Å². The van der Waals surface area contributed by atoms with Gasteiger partial charge in [-0.25, -0.2) is 4.98 Å². The molecule has 0 saturated carbocycles. The molecule has 0 aliphatic rings. The van der Waals surface area contributed by atoms with Gasteiger partial charge in [-0.1, -0.05) is 0 Å². The lowest BCUT2D eigenvalue weighted by Gasteiger charge is -2.18. The van der Waals surface area contributed by atoms with Gasteiger partial charge in [-0.3, -0.25) is 0 Å². The quantitative estimate of drug-likeness (QED) is 0.851. The van der Waals surface area contributed by atoms with E-state index in [0.29, 0.717) is 5.11 Å². The second kappa shape index (κ2) is 5.97. The number of anilines is 1. The van der Waals surface area contributed by atoms with Crippen LogP contribution in [0.15, 0.2) is 47.3 Å². The number of nitrogens with one attached hydrogen (secondary N) is 2. The van der Waals surface area contributed by atoms with Gasteiger partial charge in [0.15, 0.2) is 5.11 Å². The number of nitrogens with zero attached hydrogens (tertiary/aromatic N) is 2. The first-order valence-electron chi connectivity index (χ1n) is 5.46. The van der Waals surface area contributed by atoms with E-state index in [1.54, 1.807) is 6.20 Å². The molecule has 2 heterocycles. The van der Waals surface area contributed by atoms with Crippen molar-refractivity contribution in [2.75, 3.05) is 5.32 Å². The molecule has 1 unspecified atom stereocenters. The molecule has 1 atom stereocenters. The molecular formula is C12H13BrN4S. The van der Waals surface area contributed by atoms with Crippen molar-refractivity contribution in [1.82, 2.24) is 14.9 Å². The van der Waals surface area contributed by atoms with Crippen LogP contribution >= 0.6 is 28.1 Å². The smallest absolute Gasteiger partial charge is 0.173 e. The molecule has 0 aliphatic carbocycles. The second-order valence-electron chi connectivity index (χ2n) is 3.77. The van der Waals surface area contributed by atoms with E-state index >= 15 is 0 Å². The SMILES string of the molecule is CC(NC(=S)Nc1ccc(Br)cn1)n1cccc1. The number of rotatable bonds is 3. The second-order valence-corrected chi connectivity index (χ2v) is 5.09. The Balaban J connectivity index is 1.91. The van der Waals surface area contributed by atoms with Gasteiger partial charge in [0.25, 0.3) is 0 Å². The van der Waals surface area contributed by atoms with Gasteiger partial charge in [-0.05, 0) is 59.3 Å². The number of aromatic nitrogens is 2. The molecule has 6 heteroatoms. The summed E-state index contributed by atoms with van der Waals surface area (Å²) >= 11 is 8.57. The van der Waals surface area contributed by atoms with E-state index in [2.05, 4.69) is 31.5 Å².